The number of hydrogen-bond donors (Lipinski definition) is 0. The van der Waals surface area contributed by atoms with E-state index in [0.29, 0.717) is 17.2 Å². The molecule has 1 aliphatic rings. The molecule has 132 valence electrons. The van der Waals surface area contributed by atoms with Crippen LogP contribution in [-0.4, -0.2) is 37.5 Å². The van der Waals surface area contributed by atoms with E-state index in [-0.39, 0.29) is 17.5 Å². The summed E-state index contributed by atoms with van der Waals surface area (Å²) in [6.07, 6.45) is 2.83. The first-order valence-corrected chi connectivity index (χ1v) is 9.31. The summed E-state index contributed by atoms with van der Waals surface area (Å²) in [6, 6.07) is 10.3. The molecule has 2 aromatic rings. The van der Waals surface area contributed by atoms with Crippen LogP contribution < -0.4 is 4.74 Å². The predicted molar refractivity (Wildman–Crippen MR) is 94.4 cm³/mol. The van der Waals surface area contributed by atoms with Gasteiger partial charge in [0.15, 0.2) is 0 Å². The van der Waals surface area contributed by atoms with Gasteiger partial charge >= 0.3 is 0 Å². The third-order valence-electron chi connectivity index (χ3n) is 3.88. The van der Waals surface area contributed by atoms with Crippen molar-refractivity contribution in [3.8, 4) is 5.88 Å². The Bertz CT molecular complexity index is 892. The minimum absolute atomic E-state index is 0.252. The number of sulfonamides is 1. The second-order valence-corrected chi connectivity index (χ2v) is 7.79. The second-order valence-electron chi connectivity index (χ2n) is 5.90. The topological polar surface area (TPSA) is 68.7 Å². The molecule has 1 aliphatic heterocycles. The van der Waals surface area contributed by atoms with E-state index in [4.69, 9.17) is 9.47 Å². The third kappa shape index (κ3) is 3.61. The van der Waals surface area contributed by atoms with E-state index in [9.17, 15) is 8.42 Å². The average Bonchev–Trinajstić information content (AvgIpc) is 2.61. The lowest BCUT2D eigenvalue weighted by molar-refractivity contribution is 0.147. The fraction of sp³-hybridized carbons (Fsp3) is 0.278. The molecule has 0 bridgehead atoms. The van der Waals surface area contributed by atoms with Crippen molar-refractivity contribution in [3.63, 3.8) is 0 Å². The maximum Gasteiger partial charge on any atom is 0.264 e. The van der Waals surface area contributed by atoms with Gasteiger partial charge in [0.2, 0.25) is 5.88 Å². The summed E-state index contributed by atoms with van der Waals surface area (Å²) < 4.78 is 38.1. The number of pyridine rings is 1. The van der Waals surface area contributed by atoms with Crippen LogP contribution in [0.1, 0.15) is 18.1 Å². The maximum absolute atomic E-state index is 12.9. The van der Waals surface area contributed by atoms with Crippen LogP contribution in [0.4, 0.5) is 0 Å². The smallest absolute Gasteiger partial charge is 0.264 e. The first kappa shape index (κ1) is 17.3. The van der Waals surface area contributed by atoms with Gasteiger partial charge < -0.3 is 9.47 Å². The molecule has 2 heterocycles. The van der Waals surface area contributed by atoms with Crippen molar-refractivity contribution in [1.29, 1.82) is 0 Å². The molecule has 0 radical (unpaired) electrons. The van der Waals surface area contributed by atoms with Crippen LogP contribution in [0.25, 0.3) is 5.76 Å². The highest BCUT2D eigenvalue weighted by molar-refractivity contribution is 7.89. The van der Waals surface area contributed by atoms with Crippen LogP contribution in [0.2, 0.25) is 0 Å². The Hall–Kier alpha value is -2.54. The lowest BCUT2D eigenvalue weighted by atomic mass is 10.2. The lowest BCUT2D eigenvalue weighted by Gasteiger charge is -2.31. The fourth-order valence-electron chi connectivity index (χ4n) is 2.55. The zero-order valence-electron chi connectivity index (χ0n) is 14.3. The molecule has 25 heavy (non-hydrogen) atoms. The monoisotopic (exact) mass is 360 g/mol. The van der Waals surface area contributed by atoms with Crippen molar-refractivity contribution in [2.45, 2.75) is 24.8 Å². The van der Waals surface area contributed by atoms with Crippen molar-refractivity contribution >= 4 is 15.8 Å². The first-order chi connectivity index (χ1) is 11.9. The van der Waals surface area contributed by atoms with Crippen LogP contribution in [0.3, 0.4) is 0 Å². The summed E-state index contributed by atoms with van der Waals surface area (Å²) in [5.74, 6) is 0.906. The van der Waals surface area contributed by atoms with Gasteiger partial charge in [-0.15, -0.1) is 0 Å². The number of hydrogen-bond acceptors (Lipinski definition) is 5. The normalized spacial score (nSPS) is 17.6. The zero-order valence-corrected chi connectivity index (χ0v) is 15.2. The van der Waals surface area contributed by atoms with Crippen molar-refractivity contribution in [2.75, 3.05) is 13.7 Å². The molecule has 0 saturated heterocycles. The summed E-state index contributed by atoms with van der Waals surface area (Å²) in [5.41, 5.74) is 1.72. The summed E-state index contributed by atoms with van der Waals surface area (Å²) in [5, 5.41) is 0. The average molecular weight is 360 g/mol. The molecule has 0 amide bonds. The highest BCUT2D eigenvalue weighted by atomic mass is 32.2. The van der Waals surface area contributed by atoms with Crippen LogP contribution in [-0.2, 0) is 14.8 Å². The van der Waals surface area contributed by atoms with Crippen molar-refractivity contribution < 1.29 is 17.9 Å². The summed E-state index contributed by atoms with van der Waals surface area (Å²) in [6.45, 7) is 4.01. The molecule has 0 saturated carbocycles. The number of aromatic nitrogens is 1. The number of aryl methyl sites for hydroxylation is 1. The number of benzene rings is 1. The summed E-state index contributed by atoms with van der Waals surface area (Å²) >= 11 is 0. The first-order valence-electron chi connectivity index (χ1n) is 7.87. The number of ether oxygens (including phenoxy) is 2. The van der Waals surface area contributed by atoms with Gasteiger partial charge in [-0.05, 0) is 32.0 Å². The standard InChI is InChI=1S/C18H20N2O4S/c1-13-4-6-16(7-5-13)25(21,22)20-11-14(2)24-17(12-20)15-8-9-19-18(10-15)23-3/h4-10,12,14H,11H2,1-3H3/t14-/m1/s1. The SMILES string of the molecule is COc1cc(C2=CN(S(=O)(=O)c3ccc(C)cc3)C[C@@H](C)O2)ccn1. The molecule has 1 aromatic heterocycles. The largest absolute Gasteiger partial charge is 0.487 e. The fourth-order valence-corrected chi connectivity index (χ4v) is 3.94. The molecule has 0 fully saturated rings. The van der Waals surface area contributed by atoms with Gasteiger partial charge in [0.1, 0.15) is 11.9 Å². The molecule has 0 spiro atoms. The summed E-state index contributed by atoms with van der Waals surface area (Å²) in [4.78, 5) is 4.32. The van der Waals surface area contributed by atoms with Gasteiger partial charge in [0, 0.05) is 17.8 Å². The Morgan fingerprint density at radius 1 is 1.24 bits per heavy atom. The van der Waals surface area contributed by atoms with E-state index >= 15 is 0 Å². The molecule has 0 unspecified atom stereocenters. The van der Waals surface area contributed by atoms with Gasteiger partial charge in [-0.2, -0.15) is 0 Å². The summed E-state index contributed by atoms with van der Waals surface area (Å²) in [7, 11) is -2.11. The van der Waals surface area contributed by atoms with E-state index < -0.39 is 10.0 Å². The molecule has 7 heteroatoms. The molecule has 1 aromatic carbocycles. The number of methoxy groups -OCH3 is 1. The van der Waals surface area contributed by atoms with E-state index in [0.717, 1.165) is 5.56 Å². The van der Waals surface area contributed by atoms with Gasteiger partial charge in [-0.1, -0.05) is 17.7 Å². The van der Waals surface area contributed by atoms with E-state index in [1.54, 1.807) is 42.6 Å². The molecule has 3 rings (SSSR count). The van der Waals surface area contributed by atoms with Crippen molar-refractivity contribution in [2.24, 2.45) is 0 Å². The second kappa shape index (κ2) is 6.76. The van der Waals surface area contributed by atoms with Gasteiger partial charge in [0.25, 0.3) is 10.0 Å². The van der Waals surface area contributed by atoms with Crippen molar-refractivity contribution in [3.05, 3.63) is 59.9 Å². The van der Waals surface area contributed by atoms with Crippen molar-refractivity contribution in [1.82, 2.24) is 9.29 Å². The van der Waals surface area contributed by atoms with Gasteiger partial charge in [-0.25, -0.2) is 13.4 Å². The van der Waals surface area contributed by atoms with E-state index in [1.807, 2.05) is 13.8 Å². The molecular weight excluding hydrogens is 340 g/mol. The molecule has 1 atom stereocenters. The Kier molecular flexibility index (Phi) is 4.67. The highest BCUT2D eigenvalue weighted by Crippen LogP contribution is 2.28. The highest BCUT2D eigenvalue weighted by Gasteiger charge is 2.29. The quantitative estimate of drug-likeness (QED) is 0.839. The Morgan fingerprint density at radius 3 is 2.64 bits per heavy atom. The minimum atomic E-state index is -3.64. The van der Waals surface area contributed by atoms with Gasteiger partial charge in [0.05, 0.1) is 24.7 Å². The van der Waals surface area contributed by atoms with Crippen LogP contribution in [0.15, 0.2) is 53.7 Å². The molecule has 0 aliphatic carbocycles. The lowest BCUT2D eigenvalue weighted by Crippen LogP contribution is -2.37. The molecular formula is C18H20N2O4S. The molecule has 0 N–H and O–H groups in total. The van der Waals surface area contributed by atoms with Gasteiger partial charge in [-0.3, -0.25) is 4.31 Å². The third-order valence-corrected chi connectivity index (χ3v) is 5.62. The Balaban J connectivity index is 1.99. The zero-order chi connectivity index (χ0) is 18.0. The molecule has 6 nitrogen and oxygen atoms in total. The van der Waals surface area contributed by atoms with E-state index in [2.05, 4.69) is 4.98 Å². The van der Waals surface area contributed by atoms with Crippen LogP contribution >= 0.6 is 0 Å². The number of nitrogens with zero attached hydrogens (tertiary/aromatic N) is 2. The Morgan fingerprint density at radius 2 is 1.96 bits per heavy atom. The van der Waals surface area contributed by atoms with E-state index in [1.165, 1.54) is 17.6 Å². The van der Waals surface area contributed by atoms with Crippen LogP contribution in [0, 0.1) is 6.92 Å². The predicted octanol–water partition coefficient (Wildman–Crippen LogP) is 2.81. The Labute approximate surface area is 147 Å². The number of rotatable bonds is 4. The minimum Gasteiger partial charge on any atom is -0.487 e. The van der Waals surface area contributed by atoms with Crippen LogP contribution in [0.5, 0.6) is 5.88 Å². The maximum atomic E-state index is 12.9.